The molecule has 4 rings (SSSR count). The van der Waals surface area contributed by atoms with Gasteiger partial charge in [-0.05, 0) is 96.9 Å². The monoisotopic (exact) mass is 678 g/mol. The summed E-state index contributed by atoms with van der Waals surface area (Å²) in [4.78, 5) is 0. The van der Waals surface area contributed by atoms with E-state index in [1.54, 1.807) is 0 Å². The number of hydrogen-bond acceptors (Lipinski definition) is 4. The third-order valence-electron chi connectivity index (χ3n) is 9.26. The first-order valence-corrected chi connectivity index (χ1v) is 18.2. The van der Waals surface area contributed by atoms with Gasteiger partial charge in [0.25, 0.3) is 0 Å². The van der Waals surface area contributed by atoms with Crippen molar-refractivity contribution in [3.63, 3.8) is 0 Å². The minimum atomic E-state index is -0.468. The summed E-state index contributed by atoms with van der Waals surface area (Å²) in [5.74, 6) is 2.22. The van der Waals surface area contributed by atoms with Gasteiger partial charge >= 0.3 is 0 Å². The van der Waals surface area contributed by atoms with Crippen LogP contribution in [-0.2, 0) is 41.5 Å². The van der Waals surface area contributed by atoms with Crippen molar-refractivity contribution >= 4 is 0 Å². The molecule has 0 saturated heterocycles. The minimum Gasteiger partial charge on any atom is -0.489 e. The van der Waals surface area contributed by atoms with Crippen LogP contribution in [0.4, 0.5) is 0 Å². The lowest BCUT2D eigenvalue weighted by Gasteiger charge is -2.26. The van der Waals surface area contributed by atoms with Crippen LogP contribution in [0.5, 0.6) is 17.2 Å². The predicted octanol–water partition coefficient (Wildman–Crippen LogP) is 12.1. The molecule has 4 aromatic carbocycles. The first-order chi connectivity index (χ1) is 23.1. The molecule has 0 aliphatic rings. The molecule has 0 amide bonds. The van der Waals surface area contributed by atoms with E-state index in [0.717, 1.165) is 39.5 Å². The van der Waals surface area contributed by atoms with Gasteiger partial charge in [-0.25, -0.2) is 0 Å². The number of rotatable bonds is 11. The summed E-state index contributed by atoms with van der Waals surface area (Å²) in [6, 6.07) is 27.5. The van der Waals surface area contributed by atoms with Crippen molar-refractivity contribution in [3.8, 4) is 17.2 Å². The summed E-state index contributed by atoms with van der Waals surface area (Å²) < 4.78 is 19.3. The van der Waals surface area contributed by atoms with E-state index in [1.165, 1.54) is 22.3 Å². The molecule has 0 aliphatic carbocycles. The number of ether oxygens (including phenoxy) is 3. The molecular formula is C46H62O4. The normalized spacial score (nSPS) is 13.2. The smallest absolute Gasteiger partial charge is 0.123 e. The van der Waals surface area contributed by atoms with Crippen LogP contribution in [0.25, 0.3) is 0 Å². The maximum absolute atomic E-state index is 10.2. The Morgan fingerprint density at radius 1 is 0.440 bits per heavy atom. The molecule has 0 bridgehead atoms. The Morgan fingerprint density at radius 3 is 1.08 bits per heavy atom. The first-order valence-electron chi connectivity index (χ1n) is 18.2. The van der Waals surface area contributed by atoms with Crippen molar-refractivity contribution in [2.75, 3.05) is 0 Å². The molecule has 0 fully saturated rings. The van der Waals surface area contributed by atoms with E-state index < -0.39 is 6.10 Å². The highest BCUT2D eigenvalue weighted by Crippen LogP contribution is 2.33. The summed E-state index contributed by atoms with van der Waals surface area (Å²) in [5, 5.41) is 10.2. The highest BCUT2D eigenvalue weighted by atomic mass is 16.5. The Bertz CT molecular complexity index is 1560. The van der Waals surface area contributed by atoms with Crippen LogP contribution in [-0.4, -0.2) is 5.11 Å². The van der Waals surface area contributed by atoms with E-state index >= 15 is 0 Å². The standard InChI is InChI=1S/C46H62O4/c1-14-42(47)34-15-17-39(18-16-34)48-30-33-23-40(49-28-31-19-35(43(2,3)4)25-36(20-31)44(5,6)7)27-41(24-33)50-29-32-21-37(45(8,9)10)26-38(22-32)46(11,12)13/h15-27,42,47H,14,28-30H2,1-13H3/t42-/m1/s1. The number of hydrogen-bond donors (Lipinski definition) is 1. The molecule has 0 unspecified atom stereocenters. The number of aliphatic hydroxyl groups is 1. The Balaban J connectivity index is 1.64. The lowest BCUT2D eigenvalue weighted by atomic mass is 9.79. The van der Waals surface area contributed by atoms with Crippen LogP contribution in [0.1, 0.15) is 147 Å². The van der Waals surface area contributed by atoms with Gasteiger partial charge in [-0.3, -0.25) is 0 Å². The summed E-state index contributed by atoms with van der Waals surface area (Å²) in [6.07, 6.45) is 0.205. The quantitative estimate of drug-likeness (QED) is 0.171. The van der Waals surface area contributed by atoms with Crippen LogP contribution in [0.15, 0.2) is 78.9 Å². The van der Waals surface area contributed by atoms with Gasteiger partial charge in [-0.2, -0.15) is 0 Å². The van der Waals surface area contributed by atoms with Crippen molar-refractivity contribution in [3.05, 3.63) is 123 Å². The molecule has 0 aromatic heterocycles. The largest absolute Gasteiger partial charge is 0.489 e. The summed E-state index contributed by atoms with van der Waals surface area (Å²) >= 11 is 0. The van der Waals surface area contributed by atoms with E-state index in [-0.39, 0.29) is 21.7 Å². The fraction of sp³-hybridized carbons (Fsp3) is 0.478. The lowest BCUT2D eigenvalue weighted by Crippen LogP contribution is -2.17. The lowest BCUT2D eigenvalue weighted by molar-refractivity contribution is 0.173. The maximum Gasteiger partial charge on any atom is 0.123 e. The Morgan fingerprint density at radius 2 is 0.760 bits per heavy atom. The summed E-state index contributed by atoms with van der Waals surface area (Å²) in [6.45, 7) is 30.3. The Hall–Kier alpha value is -3.76. The molecule has 0 radical (unpaired) electrons. The van der Waals surface area contributed by atoms with Crippen LogP contribution in [0.2, 0.25) is 0 Å². The van der Waals surface area contributed by atoms with E-state index in [2.05, 4.69) is 119 Å². The highest BCUT2D eigenvalue weighted by molar-refractivity contribution is 5.42. The van der Waals surface area contributed by atoms with Gasteiger partial charge in [-0.15, -0.1) is 0 Å². The minimum absolute atomic E-state index is 0.0260. The molecule has 0 saturated carbocycles. The SMILES string of the molecule is CC[C@@H](O)c1ccc(OCc2cc(OCc3cc(C(C)(C)C)cc(C(C)(C)C)c3)cc(OCc3cc(C(C)(C)C)cc(C(C)(C)C)c3)c2)cc1. The van der Waals surface area contributed by atoms with Crippen molar-refractivity contribution < 1.29 is 19.3 Å². The van der Waals surface area contributed by atoms with Crippen molar-refractivity contribution in [1.29, 1.82) is 0 Å². The molecule has 4 nitrogen and oxygen atoms in total. The molecule has 50 heavy (non-hydrogen) atoms. The molecular weight excluding hydrogens is 617 g/mol. The second kappa shape index (κ2) is 15.2. The first kappa shape index (κ1) is 39.0. The molecule has 1 N–H and O–H groups in total. The average molecular weight is 679 g/mol. The van der Waals surface area contributed by atoms with Crippen LogP contribution < -0.4 is 14.2 Å². The van der Waals surface area contributed by atoms with Gasteiger partial charge in [0.1, 0.15) is 37.1 Å². The van der Waals surface area contributed by atoms with E-state index in [0.29, 0.717) is 26.2 Å². The molecule has 0 heterocycles. The molecule has 4 aromatic rings. The summed E-state index contributed by atoms with van der Waals surface area (Å²) in [5.41, 5.74) is 9.46. The zero-order valence-corrected chi connectivity index (χ0v) is 33.1. The fourth-order valence-corrected chi connectivity index (χ4v) is 5.69. The van der Waals surface area contributed by atoms with Gasteiger partial charge in [0, 0.05) is 6.07 Å². The molecule has 1 atom stereocenters. The Kier molecular flexibility index (Phi) is 11.9. The number of benzene rings is 4. The second-order valence-electron chi connectivity index (χ2n) is 18.0. The Labute approximate surface area is 303 Å². The topological polar surface area (TPSA) is 47.9 Å². The van der Waals surface area contributed by atoms with Gasteiger partial charge in [0.15, 0.2) is 0 Å². The second-order valence-corrected chi connectivity index (χ2v) is 18.0. The summed E-state index contributed by atoms with van der Waals surface area (Å²) in [7, 11) is 0. The predicted molar refractivity (Wildman–Crippen MR) is 209 cm³/mol. The van der Waals surface area contributed by atoms with Gasteiger partial charge in [0.2, 0.25) is 0 Å². The molecule has 4 heteroatoms. The molecule has 0 aliphatic heterocycles. The fourth-order valence-electron chi connectivity index (χ4n) is 5.69. The van der Waals surface area contributed by atoms with Gasteiger partial charge in [-0.1, -0.05) is 139 Å². The number of aliphatic hydroxyl groups excluding tert-OH is 1. The van der Waals surface area contributed by atoms with E-state index in [1.807, 2.05) is 49.4 Å². The molecule has 0 spiro atoms. The third-order valence-corrected chi connectivity index (χ3v) is 9.26. The zero-order valence-electron chi connectivity index (χ0n) is 33.1. The van der Waals surface area contributed by atoms with Crippen LogP contribution in [0.3, 0.4) is 0 Å². The average Bonchev–Trinajstić information content (AvgIpc) is 3.03. The van der Waals surface area contributed by atoms with E-state index in [9.17, 15) is 5.11 Å². The van der Waals surface area contributed by atoms with Gasteiger partial charge < -0.3 is 19.3 Å². The zero-order chi connectivity index (χ0) is 37.1. The molecule has 270 valence electrons. The van der Waals surface area contributed by atoms with Crippen molar-refractivity contribution in [2.24, 2.45) is 0 Å². The van der Waals surface area contributed by atoms with E-state index in [4.69, 9.17) is 14.2 Å². The van der Waals surface area contributed by atoms with Crippen molar-refractivity contribution in [2.45, 2.75) is 144 Å². The maximum atomic E-state index is 10.2. The van der Waals surface area contributed by atoms with Crippen LogP contribution >= 0.6 is 0 Å². The van der Waals surface area contributed by atoms with Gasteiger partial charge in [0.05, 0.1) is 6.10 Å². The van der Waals surface area contributed by atoms with Crippen LogP contribution in [0, 0.1) is 0 Å². The highest BCUT2D eigenvalue weighted by Gasteiger charge is 2.22. The third kappa shape index (κ3) is 10.9. The van der Waals surface area contributed by atoms with Crippen molar-refractivity contribution in [1.82, 2.24) is 0 Å².